The zero-order valence-electron chi connectivity index (χ0n) is 12.3. The zero-order valence-corrected chi connectivity index (χ0v) is 12.3. The summed E-state index contributed by atoms with van der Waals surface area (Å²) in [5.41, 5.74) is 10.8. The first kappa shape index (κ1) is 13.4. The van der Waals surface area contributed by atoms with E-state index in [1.165, 1.54) is 5.56 Å². The minimum absolute atomic E-state index is 0.500. The highest BCUT2D eigenvalue weighted by atomic mass is 15.3. The molecule has 21 heavy (non-hydrogen) atoms. The number of hydrogen-bond donors (Lipinski definition) is 2. The van der Waals surface area contributed by atoms with E-state index in [9.17, 15) is 0 Å². The van der Waals surface area contributed by atoms with Crippen molar-refractivity contribution in [3.8, 4) is 22.5 Å². The maximum atomic E-state index is 6.18. The summed E-state index contributed by atoms with van der Waals surface area (Å²) in [6.45, 7) is 4.35. The minimum atomic E-state index is 0.500. The van der Waals surface area contributed by atoms with Crippen LogP contribution >= 0.6 is 0 Å². The third kappa shape index (κ3) is 2.29. The van der Waals surface area contributed by atoms with Gasteiger partial charge in [0.15, 0.2) is 0 Å². The van der Waals surface area contributed by atoms with Gasteiger partial charge in [-0.2, -0.15) is 20.5 Å². The van der Waals surface area contributed by atoms with Crippen LogP contribution in [0.5, 0.6) is 0 Å². The number of hydrogen-bond acceptors (Lipinski definition) is 4. The number of rotatable bonds is 3. The summed E-state index contributed by atoms with van der Waals surface area (Å²) in [5.74, 6) is 1.12. The number of nitrogens with one attached hydrogen (secondary N) is 1. The molecule has 0 fully saturated rings. The Bertz CT molecular complexity index is 737. The molecule has 2 aromatic heterocycles. The van der Waals surface area contributed by atoms with Crippen LogP contribution in [0, 0.1) is 0 Å². The van der Waals surface area contributed by atoms with E-state index in [1.54, 1.807) is 10.9 Å². The molecule has 0 unspecified atom stereocenters. The average molecular weight is 282 g/mol. The first-order chi connectivity index (χ1) is 10.1. The normalized spacial score (nSPS) is 11.2. The van der Waals surface area contributed by atoms with Crippen molar-refractivity contribution in [3.63, 3.8) is 0 Å². The zero-order chi connectivity index (χ0) is 15.0. The fourth-order valence-electron chi connectivity index (χ4n) is 2.35. The van der Waals surface area contributed by atoms with Crippen LogP contribution < -0.4 is 5.73 Å². The number of nitrogens with two attached hydrogens (primary N) is 1. The molecule has 0 spiro atoms. The molecule has 6 nitrogen and oxygen atoms in total. The van der Waals surface area contributed by atoms with Crippen LogP contribution in [0.15, 0.2) is 30.5 Å². The second kappa shape index (κ2) is 5.05. The summed E-state index contributed by atoms with van der Waals surface area (Å²) in [7, 11) is 1.82. The van der Waals surface area contributed by atoms with E-state index in [1.807, 2.05) is 7.05 Å². The minimum Gasteiger partial charge on any atom is -0.383 e. The van der Waals surface area contributed by atoms with Gasteiger partial charge in [0.05, 0.1) is 11.8 Å². The summed E-state index contributed by atoms with van der Waals surface area (Å²) in [4.78, 5) is 0. The summed E-state index contributed by atoms with van der Waals surface area (Å²) in [5, 5.41) is 15.0. The van der Waals surface area contributed by atoms with Gasteiger partial charge < -0.3 is 5.73 Å². The number of anilines is 1. The lowest BCUT2D eigenvalue weighted by molar-refractivity contribution is 0.781. The van der Waals surface area contributed by atoms with Crippen molar-refractivity contribution in [1.29, 1.82) is 0 Å². The van der Waals surface area contributed by atoms with Crippen LogP contribution in [0.2, 0.25) is 0 Å². The molecule has 3 aromatic rings. The second-order valence-electron chi connectivity index (χ2n) is 5.36. The van der Waals surface area contributed by atoms with Crippen molar-refractivity contribution in [1.82, 2.24) is 25.2 Å². The predicted molar refractivity (Wildman–Crippen MR) is 82.5 cm³/mol. The Kier molecular flexibility index (Phi) is 3.21. The summed E-state index contributed by atoms with van der Waals surface area (Å²) >= 11 is 0. The quantitative estimate of drug-likeness (QED) is 0.773. The number of benzene rings is 1. The van der Waals surface area contributed by atoms with E-state index in [4.69, 9.17) is 5.73 Å². The van der Waals surface area contributed by atoms with Crippen molar-refractivity contribution < 1.29 is 0 Å². The molecule has 6 heteroatoms. The van der Waals surface area contributed by atoms with Crippen molar-refractivity contribution >= 4 is 5.82 Å². The molecule has 0 aliphatic rings. The third-order valence-corrected chi connectivity index (χ3v) is 3.62. The van der Waals surface area contributed by atoms with Gasteiger partial charge in [0.1, 0.15) is 17.2 Å². The van der Waals surface area contributed by atoms with Crippen molar-refractivity contribution in [2.45, 2.75) is 19.8 Å². The molecule has 2 heterocycles. The van der Waals surface area contributed by atoms with Gasteiger partial charge in [-0.1, -0.05) is 38.1 Å². The number of aromatic amines is 1. The molecular formula is C15H18N6. The van der Waals surface area contributed by atoms with Crippen LogP contribution in [-0.4, -0.2) is 25.2 Å². The maximum Gasteiger partial charge on any atom is 0.133 e. The van der Waals surface area contributed by atoms with E-state index in [0.717, 1.165) is 16.8 Å². The van der Waals surface area contributed by atoms with Crippen molar-refractivity contribution in [2.75, 3.05) is 5.73 Å². The largest absolute Gasteiger partial charge is 0.383 e. The van der Waals surface area contributed by atoms with Gasteiger partial charge in [0.2, 0.25) is 0 Å². The molecule has 0 saturated carbocycles. The van der Waals surface area contributed by atoms with Gasteiger partial charge in [0.25, 0.3) is 0 Å². The SMILES string of the molecule is CC(C)c1ccc(-c2c(-c3cn[nH]n3)nn(C)c2N)cc1. The molecule has 3 N–H and O–H groups in total. The lowest BCUT2D eigenvalue weighted by Gasteiger charge is -2.07. The number of H-pyrrole nitrogens is 1. The summed E-state index contributed by atoms with van der Waals surface area (Å²) in [6, 6.07) is 8.40. The molecule has 0 saturated heterocycles. The highest BCUT2D eigenvalue weighted by Crippen LogP contribution is 2.35. The van der Waals surface area contributed by atoms with Crippen LogP contribution in [-0.2, 0) is 7.05 Å². The Morgan fingerprint density at radius 1 is 1.19 bits per heavy atom. The summed E-state index contributed by atoms with van der Waals surface area (Å²) < 4.78 is 1.66. The first-order valence-corrected chi connectivity index (χ1v) is 6.87. The Morgan fingerprint density at radius 2 is 1.90 bits per heavy atom. The highest BCUT2D eigenvalue weighted by Gasteiger charge is 2.19. The number of aryl methyl sites for hydroxylation is 1. The number of aromatic nitrogens is 5. The lowest BCUT2D eigenvalue weighted by Crippen LogP contribution is -1.98. The predicted octanol–water partition coefficient (Wildman–Crippen LogP) is 2.58. The number of nitrogen functional groups attached to an aromatic ring is 1. The van der Waals surface area contributed by atoms with E-state index < -0.39 is 0 Å². The van der Waals surface area contributed by atoms with E-state index >= 15 is 0 Å². The molecule has 1 aromatic carbocycles. The van der Waals surface area contributed by atoms with Crippen LogP contribution in [0.1, 0.15) is 25.3 Å². The highest BCUT2D eigenvalue weighted by molar-refractivity contribution is 5.86. The molecule has 0 atom stereocenters. The molecular weight excluding hydrogens is 264 g/mol. The van der Waals surface area contributed by atoms with Gasteiger partial charge in [0, 0.05) is 7.05 Å². The van der Waals surface area contributed by atoms with Crippen LogP contribution in [0.25, 0.3) is 22.5 Å². The van der Waals surface area contributed by atoms with Gasteiger partial charge in [-0.15, -0.1) is 0 Å². The molecule has 0 radical (unpaired) electrons. The molecule has 0 aliphatic carbocycles. The van der Waals surface area contributed by atoms with Gasteiger partial charge >= 0.3 is 0 Å². The second-order valence-corrected chi connectivity index (χ2v) is 5.36. The standard InChI is InChI=1S/C15H18N6/c1-9(2)10-4-6-11(7-5-10)13-14(12-8-17-20-18-12)19-21(3)15(13)16/h4-9H,16H2,1-3H3,(H,17,18,20). The molecule has 108 valence electrons. The maximum absolute atomic E-state index is 6.18. The fraction of sp³-hybridized carbons (Fsp3) is 0.267. The number of nitrogens with zero attached hydrogens (tertiary/aromatic N) is 4. The topological polar surface area (TPSA) is 85.4 Å². The van der Waals surface area contributed by atoms with E-state index in [2.05, 4.69) is 58.6 Å². The third-order valence-electron chi connectivity index (χ3n) is 3.62. The monoisotopic (exact) mass is 282 g/mol. The fourth-order valence-corrected chi connectivity index (χ4v) is 2.35. The van der Waals surface area contributed by atoms with Crippen LogP contribution in [0.4, 0.5) is 5.82 Å². The Hall–Kier alpha value is -2.63. The van der Waals surface area contributed by atoms with E-state index in [0.29, 0.717) is 17.4 Å². The average Bonchev–Trinajstić information content (AvgIpc) is 3.09. The molecule has 0 bridgehead atoms. The Balaban J connectivity index is 2.13. The van der Waals surface area contributed by atoms with Gasteiger partial charge in [-0.25, -0.2) is 0 Å². The molecule has 0 amide bonds. The molecule has 3 rings (SSSR count). The Labute approximate surface area is 123 Å². The first-order valence-electron chi connectivity index (χ1n) is 6.87. The van der Waals surface area contributed by atoms with Gasteiger partial charge in [-0.3, -0.25) is 4.68 Å². The van der Waals surface area contributed by atoms with Crippen molar-refractivity contribution in [2.24, 2.45) is 7.05 Å². The molecule has 0 aliphatic heterocycles. The van der Waals surface area contributed by atoms with Gasteiger partial charge in [-0.05, 0) is 17.0 Å². The lowest BCUT2D eigenvalue weighted by atomic mass is 9.98. The van der Waals surface area contributed by atoms with Crippen LogP contribution in [0.3, 0.4) is 0 Å². The van der Waals surface area contributed by atoms with Crippen molar-refractivity contribution in [3.05, 3.63) is 36.0 Å². The summed E-state index contributed by atoms with van der Waals surface area (Å²) in [6.07, 6.45) is 1.65. The Morgan fingerprint density at radius 3 is 2.48 bits per heavy atom. The van der Waals surface area contributed by atoms with E-state index in [-0.39, 0.29) is 0 Å². The smallest absolute Gasteiger partial charge is 0.133 e.